The molecule has 0 radical (unpaired) electrons. The smallest absolute Gasteiger partial charge is 0.0733 e. The first-order chi connectivity index (χ1) is 11.4. The van der Waals surface area contributed by atoms with E-state index in [9.17, 15) is 0 Å². The molecular formula is C20H15N3. The van der Waals surface area contributed by atoms with Crippen molar-refractivity contribution in [3.63, 3.8) is 0 Å². The van der Waals surface area contributed by atoms with Gasteiger partial charge in [-0.05, 0) is 41.0 Å². The molecular weight excluding hydrogens is 282 g/mol. The van der Waals surface area contributed by atoms with Gasteiger partial charge in [-0.1, -0.05) is 42.5 Å². The van der Waals surface area contributed by atoms with Crippen LogP contribution in [0.15, 0.2) is 79.3 Å². The zero-order valence-corrected chi connectivity index (χ0v) is 12.5. The third kappa shape index (κ3) is 2.64. The van der Waals surface area contributed by atoms with Crippen molar-refractivity contribution < 1.29 is 0 Å². The molecule has 3 heteroatoms. The minimum absolute atomic E-state index is 1.10. The van der Waals surface area contributed by atoms with Crippen LogP contribution in [0, 0.1) is 0 Å². The largest absolute Gasteiger partial charge is 0.265 e. The van der Waals surface area contributed by atoms with Crippen molar-refractivity contribution >= 4 is 23.2 Å². The molecule has 0 fully saturated rings. The molecule has 3 nitrogen and oxygen atoms in total. The average Bonchev–Trinajstić information content (AvgIpc) is 3.04. The molecule has 0 atom stereocenters. The summed E-state index contributed by atoms with van der Waals surface area (Å²) in [5.41, 5.74) is 4.59. The maximum Gasteiger partial charge on any atom is 0.0733 e. The van der Waals surface area contributed by atoms with Gasteiger partial charge in [0.05, 0.1) is 11.7 Å². The molecule has 0 aliphatic carbocycles. The second kappa shape index (κ2) is 5.89. The minimum Gasteiger partial charge on any atom is -0.265 e. The number of benzene rings is 2. The summed E-state index contributed by atoms with van der Waals surface area (Å²) in [4.78, 5) is 4.09. The van der Waals surface area contributed by atoms with E-state index in [2.05, 4.69) is 46.5 Å². The Labute approximate surface area is 134 Å². The molecule has 0 saturated heterocycles. The number of para-hydroxylation sites is 1. The summed E-state index contributed by atoms with van der Waals surface area (Å²) >= 11 is 0. The fourth-order valence-electron chi connectivity index (χ4n) is 2.70. The predicted molar refractivity (Wildman–Crippen MR) is 94.6 cm³/mol. The van der Waals surface area contributed by atoms with E-state index in [4.69, 9.17) is 0 Å². The molecule has 0 bridgehead atoms. The first-order valence-electron chi connectivity index (χ1n) is 7.52. The van der Waals surface area contributed by atoms with Crippen LogP contribution in [-0.2, 0) is 0 Å². The summed E-state index contributed by atoms with van der Waals surface area (Å²) in [7, 11) is 0. The Balaban J connectivity index is 1.75. The molecule has 0 N–H and O–H groups in total. The molecule has 0 aliphatic rings. The summed E-state index contributed by atoms with van der Waals surface area (Å²) in [5, 5.41) is 5.57. The lowest BCUT2D eigenvalue weighted by Gasteiger charge is -2.05. The lowest BCUT2D eigenvalue weighted by Crippen LogP contribution is -1.88. The predicted octanol–water partition coefficient (Wildman–Crippen LogP) is 4.73. The van der Waals surface area contributed by atoms with Crippen LogP contribution >= 0.6 is 0 Å². The maximum atomic E-state index is 4.43. The fraction of sp³-hybridized carbons (Fsp3) is 0. The standard InChI is InChI=1S/C20H15N3/c1-3-7-19(17-9-12-21-13-10-17)16(5-1)11-14-23-20-8-4-2-6-18(20)15-22-23/h1-15H/b14-11+. The molecule has 0 amide bonds. The van der Waals surface area contributed by atoms with Gasteiger partial charge in [0.1, 0.15) is 0 Å². The topological polar surface area (TPSA) is 30.7 Å². The van der Waals surface area contributed by atoms with Crippen LogP contribution in [-0.4, -0.2) is 14.8 Å². The number of rotatable bonds is 3. The normalized spacial score (nSPS) is 11.3. The zero-order valence-electron chi connectivity index (χ0n) is 12.5. The molecule has 0 unspecified atom stereocenters. The molecule has 4 aromatic rings. The van der Waals surface area contributed by atoms with Crippen molar-refractivity contribution in [1.29, 1.82) is 0 Å². The van der Waals surface area contributed by atoms with Crippen molar-refractivity contribution in [2.24, 2.45) is 0 Å². The summed E-state index contributed by atoms with van der Waals surface area (Å²) < 4.78 is 1.90. The molecule has 0 saturated carbocycles. The summed E-state index contributed by atoms with van der Waals surface area (Å²) in [6.45, 7) is 0. The lowest BCUT2D eigenvalue weighted by atomic mass is 10.0. The van der Waals surface area contributed by atoms with Crippen LogP contribution in [0.3, 0.4) is 0 Å². The van der Waals surface area contributed by atoms with E-state index in [1.807, 2.05) is 59.8 Å². The highest BCUT2D eigenvalue weighted by atomic mass is 15.3. The second-order valence-corrected chi connectivity index (χ2v) is 5.29. The molecule has 23 heavy (non-hydrogen) atoms. The van der Waals surface area contributed by atoms with E-state index in [0.717, 1.165) is 22.0 Å². The molecule has 2 aromatic carbocycles. The van der Waals surface area contributed by atoms with Crippen LogP contribution in [0.2, 0.25) is 0 Å². The Hall–Kier alpha value is -3.20. The molecule has 110 valence electrons. The quantitative estimate of drug-likeness (QED) is 0.547. The van der Waals surface area contributed by atoms with E-state index in [0.29, 0.717) is 0 Å². The van der Waals surface area contributed by atoms with Crippen molar-refractivity contribution in [2.75, 3.05) is 0 Å². The number of hydrogen-bond donors (Lipinski definition) is 0. The molecule has 2 aromatic heterocycles. The molecule has 2 heterocycles. The van der Waals surface area contributed by atoms with E-state index in [1.54, 1.807) is 0 Å². The van der Waals surface area contributed by atoms with E-state index in [-0.39, 0.29) is 0 Å². The van der Waals surface area contributed by atoms with E-state index >= 15 is 0 Å². The van der Waals surface area contributed by atoms with Gasteiger partial charge in [0.2, 0.25) is 0 Å². The number of pyridine rings is 1. The van der Waals surface area contributed by atoms with Gasteiger partial charge in [-0.2, -0.15) is 5.10 Å². The van der Waals surface area contributed by atoms with Crippen LogP contribution in [0.4, 0.5) is 0 Å². The van der Waals surface area contributed by atoms with Gasteiger partial charge in [-0.25, -0.2) is 4.68 Å². The van der Waals surface area contributed by atoms with Gasteiger partial charge in [0.25, 0.3) is 0 Å². The Morgan fingerprint density at radius 2 is 1.61 bits per heavy atom. The van der Waals surface area contributed by atoms with Crippen LogP contribution in [0.5, 0.6) is 0 Å². The zero-order chi connectivity index (χ0) is 15.5. The highest BCUT2D eigenvalue weighted by Crippen LogP contribution is 2.24. The number of fused-ring (bicyclic) bond motifs is 1. The highest BCUT2D eigenvalue weighted by Gasteiger charge is 2.02. The SMILES string of the molecule is C(=C\n1ncc2ccccc21)/c1ccccc1-c1ccncc1. The van der Waals surface area contributed by atoms with Crippen molar-refractivity contribution in [1.82, 2.24) is 14.8 Å². The molecule has 0 aliphatic heterocycles. The fourth-order valence-corrected chi connectivity index (χ4v) is 2.70. The van der Waals surface area contributed by atoms with Crippen LogP contribution in [0.1, 0.15) is 5.56 Å². The number of hydrogen-bond acceptors (Lipinski definition) is 2. The average molecular weight is 297 g/mol. The third-order valence-corrected chi connectivity index (χ3v) is 3.85. The Morgan fingerprint density at radius 3 is 2.52 bits per heavy atom. The Kier molecular flexibility index (Phi) is 3.45. The van der Waals surface area contributed by atoms with Crippen molar-refractivity contribution in [2.45, 2.75) is 0 Å². The van der Waals surface area contributed by atoms with Gasteiger partial charge in [-0.15, -0.1) is 0 Å². The third-order valence-electron chi connectivity index (χ3n) is 3.85. The van der Waals surface area contributed by atoms with Crippen molar-refractivity contribution in [3.8, 4) is 11.1 Å². The Bertz CT molecular complexity index is 968. The summed E-state index contributed by atoms with van der Waals surface area (Å²) in [6.07, 6.45) is 9.61. The first-order valence-corrected chi connectivity index (χ1v) is 7.52. The van der Waals surface area contributed by atoms with Gasteiger partial charge in [-0.3, -0.25) is 4.98 Å². The number of aromatic nitrogens is 3. The maximum absolute atomic E-state index is 4.43. The lowest BCUT2D eigenvalue weighted by molar-refractivity contribution is 0.969. The molecule has 0 spiro atoms. The second-order valence-electron chi connectivity index (χ2n) is 5.29. The first kappa shape index (κ1) is 13.5. The van der Waals surface area contributed by atoms with Crippen molar-refractivity contribution in [3.05, 3.63) is 84.8 Å². The minimum atomic E-state index is 1.10. The molecule has 4 rings (SSSR count). The van der Waals surface area contributed by atoms with Crippen LogP contribution < -0.4 is 0 Å². The highest BCUT2D eigenvalue weighted by molar-refractivity contribution is 5.83. The summed E-state index contributed by atoms with van der Waals surface area (Å²) in [5.74, 6) is 0. The van der Waals surface area contributed by atoms with Gasteiger partial charge in [0.15, 0.2) is 0 Å². The monoisotopic (exact) mass is 297 g/mol. The van der Waals surface area contributed by atoms with Gasteiger partial charge in [0, 0.05) is 24.0 Å². The number of nitrogens with zero attached hydrogens (tertiary/aromatic N) is 3. The van der Waals surface area contributed by atoms with E-state index < -0.39 is 0 Å². The van der Waals surface area contributed by atoms with Crippen LogP contribution in [0.25, 0.3) is 34.3 Å². The van der Waals surface area contributed by atoms with E-state index in [1.165, 1.54) is 5.56 Å². The summed E-state index contributed by atoms with van der Waals surface area (Å²) in [6, 6.07) is 20.6. The van der Waals surface area contributed by atoms with Gasteiger partial charge >= 0.3 is 0 Å². The Morgan fingerprint density at radius 1 is 0.826 bits per heavy atom. The van der Waals surface area contributed by atoms with Gasteiger partial charge < -0.3 is 0 Å².